The maximum absolute atomic E-state index is 12.8. The molecule has 0 aromatic rings. The van der Waals surface area contributed by atoms with Gasteiger partial charge in [0.1, 0.15) is 13.2 Å². The number of hydrogen-bond acceptors (Lipinski definition) is 6. The molecule has 0 saturated heterocycles. The third-order valence-corrected chi connectivity index (χ3v) is 11.0. The minimum atomic E-state index is -0.768. The highest BCUT2D eigenvalue weighted by molar-refractivity contribution is 5.71. The number of unbranched alkanes of at least 4 members (excludes halogenated alkanes) is 31. The number of hydrogen-bond donors (Lipinski definition) is 0. The van der Waals surface area contributed by atoms with Crippen molar-refractivity contribution in [1.29, 1.82) is 0 Å². The number of carbonyl (C=O) groups is 3. The van der Waals surface area contributed by atoms with Crippen LogP contribution in [0.3, 0.4) is 0 Å². The zero-order chi connectivity index (χ0) is 41.5. The van der Waals surface area contributed by atoms with Gasteiger partial charge < -0.3 is 14.2 Å². The van der Waals surface area contributed by atoms with Crippen molar-refractivity contribution in [3.63, 3.8) is 0 Å². The molecule has 0 amide bonds. The van der Waals surface area contributed by atoms with Crippen molar-refractivity contribution in [2.75, 3.05) is 13.2 Å². The average molecular weight is 803 g/mol. The summed E-state index contributed by atoms with van der Waals surface area (Å²) in [6, 6.07) is 0. The first-order valence-corrected chi connectivity index (χ1v) is 24.9. The molecule has 0 N–H and O–H groups in total. The Hall–Kier alpha value is -2.11. The standard InChI is InChI=1S/C51H94O6/c1-4-7-10-13-16-19-21-23-25-27-29-32-35-38-41-44-50(53)56-47-48(46-55-49(52)43-40-37-34-31-18-15-12-9-6-3)57-51(54)45-42-39-36-33-30-28-26-24-22-20-17-14-11-8-5-2/h16,19,21,23,48H,4-15,17-18,20,22,24-47H2,1-3H3/b19-16-,23-21-. The van der Waals surface area contributed by atoms with Crippen molar-refractivity contribution in [3.05, 3.63) is 24.3 Å². The zero-order valence-electron chi connectivity index (χ0n) is 38.1. The van der Waals surface area contributed by atoms with E-state index in [1.165, 1.54) is 161 Å². The number of rotatable bonds is 45. The van der Waals surface area contributed by atoms with Crippen molar-refractivity contribution in [1.82, 2.24) is 0 Å². The Balaban J connectivity index is 4.32. The molecule has 0 fully saturated rings. The Morgan fingerprint density at radius 1 is 0.351 bits per heavy atom. The van der Waals surface area contributed by atoms with Crippen LogP contribution in [0.1, 0.15) is 265 Å². The van der Waals surface area contributed by atoms with E-state index in [1.807, 2.05) is 0 Å². The van der Waals surface area contributed by atoms with Crippen LogP contribution in [-0.2, 0) is 28.6 Å². The van der Waals surface area contributed by atoms with Crippen LogP contribution >= 0.6 is 0 Å². The van der Waals surface area contributed by atoms with Gasteiger partial charge in [0.15, 0.2) is 6.10 Å². The van der Waals surface area contributed by atoms with Crippen molar-refractivity contribution in [2.45, 2.75) is 271 Å². The molecule has 0 aromatic carbocycles. The Bertz CT molecular complexity index is 927. The lowest BCUT2D eigenvalue weighted by Gasteiger charge is -2.18. The molecule has 0 spiro atoms. The van der Waals surface area contributed by atoms with Crippen LogP contribution in [0.25, 0.3) is 0 Å². The predicted octanol–water partition coefficient (Wildman–Crippen LogP) is 16.0. The quantitative estimate of drug-likeness (QED) is 0.0264. The number of esters is 3. The normalized spacial score (nSPS) is 12.1. The molecule has 0 aromatic heterocycles. The molecule has 0 aliphatic heterocycles. The molecule has 0 rings (SSSR count). The lowest BCUT2D eigenvalue weighted by molar-refractivity contribution is -0.167. The topological polar surface area (TPSA) is 78.9 Å². The summed E-state index contributed by atoms with van der Waals surface area (Å²) in [5, 5.41) is 0. The molecule has 1 unspecified atom stereocenters. The molecule has 0 bridgehead atoms. The summed E-state index contributed by atoms with van der Waals surface area (Å²) >= 11 is 0. The molecule has 6 heteroatoms. The average Bonchev–Trinajstić information content (AvgIpc) is 3.21. The number of ether oxygens (including phenoxy) is 3. The van der Waals surface area contributed by atoms with Gasteiger partial charge in [-0.3, -0.25) is 14.4 Å². The van der Waals surface area contributed by atoms with E-state index in [0.717, 1.165) is 64.2 Å². The molecule has 6 nitrogen and oxygen atoms in total. The van der Waals surface area contributed by atoms with E-state index < -0.39 is 6.10 Å². The minimum Gasteiger partial charge on any atom is -0.462 e. The van der Waals surface area contributed by atoms with Crippen molar-refractivity contribution in [3.8, 4) is 0 Å². The van der Waals surface area contributed by atoms with Crippen LogP contribution in [-0.4, -0.2) is 37.2 Å². The first kappa shape index (κ1) is 54.9. The van der Waals surface area contributed by atoms with Gasteiger partial charge in [-0.2, -0.15) is 0 Å². The first-order valence-electron chi connectivity index (χ1n) is 24.9. The Morgan fingerprint density at radius 2 is 0.614 bits per heavy atom. The fourth-order valence-corrected chi connectivity index (χ4v) is 7.20. The smallest absolute Gasteiger partial charge is 0.306 e. The fraction of sp³-hybridized carbons (Fsp3) is 0.863. The molecular formula is C51H94O6. The highest BCUT2D eigenvalue weighted by Crippen LogP contribution is 2.16. The summed E-state index contributed by atoms with van der Waals surface area (Å²) in [6.45, 7) is 6.60. The lowest BCUT2D eigenvalue weighted by atomic mass is 10.0. The molecule has 0 radical (unpaired) electrons. The summed E-state index contributed by atoms with van der Waals surface area (Å²) in [6.07, 6.45) is 51.6. The van der Waals surface area contributed by atoms with E-state index in [1.54, 1.807) is 0 Å². The molecule has 0 heterocycles. The van der Waals surface area contributed by atoms with Gasteiger partial charge in [0.2, 0.25) is 0 Å². The second-order valence-corrected chi connectivity index (χ2v) is 16.8. The predicted molar refractivity (Wildman–Crippen MR) is 243 cm³/mol. The highest BCUT2D eigenvalue weighted by Gasteiger charge is 2.19. The van der Waals surface area contributed by atoms with Crippen molar-refractivity contribution < 1.29 is 28.6 Å². The van der Waals surface area contributed by atoms with Crippen LogP contribution < -0.4 is 0 Å². The van der Waals surface area contributed by atoms with E-state index in [2.05, 4.69) is 45.1 Å². The van der Waals surface area contributed by atoms with E-state index in [9.17, 15) is 14.4 Å². The SMILES string of the molecule is CCCCC/C=C\C=C/CCCCCCCCC(=O)OCC(COC(=O)CCCCCCCCCCC)OC(=O)CCCCCCCCCCCCCCCCC. The summed E-state index contributed by atoms with van der Waals surface area (Å²) in [4.78, 5) is 37.8. The molecule has 0 aliphatic carbocycles. The summed E-state index contributed by atoms with van der Waals surface area (Å²) in [7, 11) is 0. The van der Waals surface area contributed by atoms with Gasteiger partial charge >= 0.3 is 17.9 Å². The Labute approximate surface area is 353 Å². The van der Waals surface area contributed by atoms with Gasteiger partial charge in [-0.25, -0.2) is 0 Å². The summed E-state index contributed by atoms with van der Waals surface area (Å²) in [5.41, 5.74) is 0. The summed E-state index contributed by atoms with van der Waals surface area (Å²) < 4.78 is 16.7. The molecule has 0 saturated carbocycles. The van der Waals surface area contributed by atoms with E-state index >= 15 is 0 Å². The van der Waals surface area contributed by atoms with E-state index in [4.69, 9.17) is 14.2 Å². The van der Waals surface area contributed by atoms with Gasteiger partial charge in [0, 0.05) is 19.3 Å². The first-order chi connectivity index (χ1) is 28.0. The number of allylic oxidation sites excluding steroid dienone is 4. The van der Waals surface area contributed by atoms with Crippen molar-refractivity contribution >= 4 is 17.9 Å². The number of carbonyl (C=O) groups excluding carboxylic acids is 3. The van der Waals surface area contributed by atoms with Gasteiger partial charge in [-0.15, -0.1) is 0 Å². The minimum absolute atomic E-state index is 0.0709. The Morgan fingerprint density at radius 3 is 0.965 bits per heavy atom. The zero-order valence-corrected chi connectivity index (χ0v) is 38.1. The maximum Gasteiger partial charge on any atom is 0.306 e. The Kier molecular flexibility index (Phi) is 44.9. The van der Waals surface area contributed by atoms with Crippen LogP contribution in [0.4, 0.5) is 0 Å². The van der Waals surface area contributed by atoms with Gasteiger partial charge in [-0.1, -0.05) is 225 Å². The van der Waals surface area contributed by atoms with Crippen LogP contribution in [0.15, 0.2) is 24.3 Å². The monoisotopic (exact) mass is 803 g/mol. The fourth-order valence-electron chi connectivity index (χ4n) is 7.20. The molecular weight excluding hydrogens is 709 g/mol. The summed E-state index contributed by atoms with van der Waals surface area (Å²) in [5.74, 6) is -0.874. The molecule has 1 atom stereocenters. The van der Waals surface area contributed by atoms with Crippen molar-refractivity contribution in [2.24, 2.45) is 0 Å². The van der Waals surface area contributed by atoms with Gasteiger partial charge in [0.25, 0.3) is 0 Å². The molecule has 334 valence electrons. The highest BCUT2D eigenvalue weighted by atomic mass is 16.6. The van der Waals surface area contributed by atoms with E-state index in [0.29, 0.717) is 19.3 Å². The van der Waals surface area contributed by atoms with Crippen LogP contribution in [0.2, 0.25) is 0 Å². The lowest BCUT2D eigenvalue weighted by Crippen LogP contribution is -2.30. The largest absolute Gasteiger partial charge is 0.462 e. The van der Waals surface area contributed by atoms with Gasteiger partial charge in [0.05, 0.1) is 0 Å². The third kappa shape index (κ3) is 44.8. The van der Waals surface area contributed by atoms with E-state index in [-0.39, 0.29) is 31.1 Å². The second-order valence-electron chi connectivity index (χ2n) is 16.8. The van der Waals surface area contributed by atoms with Gasteiger partial charge in [-0.05, 0) is 44.9 Å². The maximum atomic E-state index is 12.8. The molecule has 57 heavy (non-hydrogen) atoms. The van der Waals surface area contributed by atoms with Crippen LogP contribution in [0.5, 0.6) is 0 Å². The van der Waals surface area contributed by atoms with Crippen LogP contribution in [0, 0.1) is 0 Å². The molecule has 0 aliphatic rings. The third-order valence-electron chi connectivity index (χ3n) is 11.0. The second kappa shape index (κ2) is 46.6.